The van der Waals surface area contributed by atoms with Crippen LogP contribution < -0.4 is 4.65 Å². The third-order valence-corrected chi connectivity index (χ3v) is 5.28. The first-order valence-corrected chi connectivity index (χ1v) is 8.90. The number of hydroxylamine groups is 2. The molecule has 4 atom stereocenters. The van der Waals surface area contributed by atoms with Crippen LogP contribution in [0, 0.1) is 5.21 Å². The van der Waals surface area contributed by atoms with E-state index in [4.69, 9.17) is 21.1 Å². The second-order valence-electron chi connectivity index (χ2n) is 8.05. The van der Waals surface area contributed by atoms with Crippen LogP contribution in [-0.2, 0) is 19.9 Å². The Hall–Kier alpha value is -1.87. The first-order valence-electron chi connectivity index (χ1n) is 8.53. The van der Waals surface area contributed by atoms with Crippen molar-refractivity contribution < 1.29 is 24.2 Å². The number of aliphatic hydroxyl groups is 1. The molecule has 1 fully saturated rings. The van der Waals surface area contributed by atoms with Crippen molar-refractivity contribution in [2.24, 2.45) is 0 Å². The first-order chi connectivity index (χ1) is 12.3. The summed E-state index contributed by atoms with van der Waals surface area (Å²) >= 11 is 6.23. The Morgan fingerprint density at radius 3 is 2.59 bits per heavy atom. The van der Waals surface area contributed by atoms with Crippen molar-refractivity contribution in [3.63, 3.8) is 0 Å². The number of amides is 1. The number of hydrogen-bond acceptors (Lipinski definition) is 6. The highest BCUT2D eigenvalue weighted by atomic mass is 35.5. The number of para-hydroxylation sites is 1. The molecule has 2 aliphatic heterocycles. The molecule has 0 bridgehead atoms. The SMILES string of the molecule is COC(=O)[C@@H]1C[C@@]2(O)c3cccc(Cl)c3[N+](C)([O-])[C@H]2N1C(=O)OC(C)(C)C. The van der Waals surface area contributed by atoms with Gasteiger partial charge in [0.1, 0.15) is 16.7 Å². The van der Waals surface area contributed by atoms with Gasteiger partial charge in [-0.05, 0) is 32.9 Å². The molecule has 148 valence electrons. The van der Waals surface area contributed by atoms with Crippen molar-refractivity contribution in [3.05, 3.63) is 34.0 Å². The van der Waals surface area contributed by atoms with Crippen molar-refractivity contribution in [2.45, 2.75) is 50.6 Å². The number of carbonyl (C=O) groups excluding carboxylic acids is 2. The van der Waals surface area contributed by atoms with Gasteiger partial charge < -0.3 is 24.4 Å². The zero-order chi connectivity index (χ0) is 20.4. The standard InChI is InChI=1S/C18H23ClN2O6/c1-17(2,3)27-16(23)20-12(14(22)26-5)9-18(24)10-7-6-8-11(19)13(10)21(4,25)15(18)20/h6-8,12,15,24H,9H2,1-5H3/t12-,15+,18+,21?/m0/s1. The van der Waals surface area contributed by atoms with Gasteiger partial charge in [-0.1, -0.05) is 17.7 Å². The van der Waals surface area contributed by atoms with Gasteiger partial charge in [-0.25, -0.2) is 14.5 Å². The summed E-state index contributed by atoms with van der Waals surface area (Å²) in [6.07, 6.45) is -2.39. The van der Waals surface area contributed by atoms with Gasteiger partial charge in [0.15, 0.2) is 11.3 Å². The Balaban J connectivity index is 2.17. The lowest BCUT2D eigenvalue weighted by molar-refractivity contribution is -0.146. The van der Waals surface area contributed by atoms with E-state index in [1.165, 1.54) is 14.2 Å². The largest absolute Gasteiger partial charge is 0.626 e. The van der Waals surface area contributed by atoms with Crippen molar-refractivity contribution in [1.82, 2.24) is 9.55 Å². The Morgan fingerprint density at radius 1 is 1.41 bits per heavy atom. The normalized spacial score (nSPS) is 32.1. The molecule has 1 amide bonds. The highest BCUT2D eigenvalue weighted by molar-refractivity contribution is 6.33. The van der Waals surface area contributed by atoms with E-state index in [1.807, 2.05) is 0 Å². The minimum absolute atomic E-state index is 0.170. The van der Waals surface area contributed by atoms with Crippen molar-refractivity contribution in [2.75, 3.05) is 14.2 Å². The Morgan fingerprint density at radius 2 is 2.04 bits per heavy atom. The molecule has 1 saturated heterocycles. The lowest BCUT2D eigenvalue weighted by Gasteiger charge is -2.45. The average molecular weight is 399 g/mol. The Kier molecular flexibility index (Phi) is 4.47. The van der Waals surface area contributed by atoms with Crippen LogP contribution >= 0.6 is 11.6 Å². The topological polar surface area (TPSA) is 99.1 Å². The van der Waals surface area contributed by atoms with E-state index in [1.54, 1.807) is 39.0 Å². The van der Waals surface area contributed by atoms with Crippen LogP contribution in [0.3, 0.4) is 0 Å². The maximum absolute atomic E-state index is 13.6. The molecular formula is C18H23ClN2O6. The van der Waals surface area contributed by atoms with Crippen LogP contribution in [0.2, 0.25) is 5.02 Å². The monoisotopic (exact) mass is 398 g/mol. The lowest BCUT2D eigenvalue weighted by atomic mass is 9.91. The Bertz CT molecular complexity index is 806. The molecule has 1 unspecified atom stereocenters. The van der Waals surface area contributed by atoms with Crippen molar-refractivity contribution in [1.29, 1.82) is 0 Å². The van der Waals surface area contributed by atoms with E-state index in [9.17, 15) is 19.9 Å². The summed E-state index contributed by atoms with van der Waals surface area (Å²) in [5, 5.41) is 25.2. The summed E-state index contributed by atoms with van der Waals surface area (Å²) in [5.41, 5.74) is -2.14. The van der Waals surface area contributed by atoms with Crippen LogP contribution in [0.25, 0.3) is 0 Å². The molecule has 8 nitrogen and oxygen atoms in total. The number of carbonyl (C=O) groups is 2. The smallest absolute Gasteiger partial charge is 0.415 e. The molecule has 0 saturated carbocycles. The second-order valence-corrected chi connectivity index (χ2v) is 8.46. The highest BCUT2D eigenvalue weighted by Gasteiger charge is 2.69. The summed E-state index contributed by atoms with van der Waals surface area (Å²) in [5.74, 6) is -0.729. The minimum atomic E-state index is -1.76. The molecule has 27 heavy (non-hydrogen) atoms. The number of esters is 1. The highest BCUT2D eigenvalue weighted by Crippen LogP contribution is 2.57. The number of fused-ring (bicyclic) bond motifs is 3. The number of nitrogens with zero attached hydrogens (tertiary/aromatic N) is 2. The molecule has 0 radical (unpaired) electrons. The van der Waals surface area contributed by atoms with Gasteiger partial charge >= 0.3 is 12.1 Å². The van der Waals surface area contributed by atoms with Crippen LogP contribution in [0.15, 0.2) is 18.2 Å². The molecule has 9 heteroatoms. The van der Waals surface area contributed by atoms with Crippen LogP contribution in [0.4, 0.5) is 10.5 Å². The maximum Gasteiger partial charge on any atom is 0.415 e. The number of likely N-dealkylation sites (tertiary alicyclic amines) is 1. The zero-order valence-electron chi connectivity index (χ0n) is 15.9. The van der Waals surface area contributed by atoms with Crippen LogP contribution in [-0.4, -0.2) is 54.0 Å². The predicted octanol–water partition coefficient (Wildman–Crippen LogP) is 2.48. The third-order valence-electron chi connectivity index (χ3n) is 4.97. The molecule has 0 spiro atoms. The molecule has 1 aromatic rings. The molecule has 3 rings (SSSR count). The molecule has 2 aliphatic rings. The summed E-state index contributed by atoms with van der Waals surface area (Å²) in [6, 6.07) is 3.60. The van der Waals surface area contributed by atoms with E-state index in [0.29, 0.717) is 5.56 Å². The summed E-state index contributed by atoms with van der Waals surface area (Å²) in [4.78, 5) is 26.2. The molecule has 2 heterocycles. The van der Waals surface area contributed by atoms with Gasteiger partial charge in [0, 0.05) is 6.42 Å². The number of quaternary nitrogens is 1. The van der Waals surface area contributed by atoms with Gasteiger partial charge in [0.05, 0.1) is 19.7 Å². The maximum atomic E-state index is 13.6. The van der Waals surface area contributed by atoms with E-state index in [0.717, 1.165) is 4.90 Å². The lowest BCUT2D eigenvalue weighted by Crippen LogP contribution is -2.61. The number of ether oxygens (including phenoxy) is 2. The number of halogens is 1. The van der Waals surface area contributed by atoms with Crippen LogP contribution in [0.1, 0.15) is 32.8 Å². The minimum Gasteiger partial charge on any atom is -0.626 e. The quantitative estimate of drug-likeness (QED) is 0.443. The van der Waals surface area contributed by atoms with Gasteiger partial charge in [-0.15, -0.1) is 0 Å². The van der Waals surface area contributed by atoms with E-state index < -0.39 is 40.1 Å². The van der Waals surface area contributed by atoms with Crippen LogP contribution in [0.5, 0.6) is 0 Å². The third kappa shape index (κ3) is 2.87. The van der Waals surface area contributed by atoms with Crippen molar-refractivity contribution in [3.8, 4) is 0 Å². The molecular weight excluding hydrogens is 376 g/mol. The summed E-state index contributed by atoms with van der Waals surface area (Å²) < 4.78 is 9.07. The fourth-order valence-electron chi connectivity index (χ4n) is 4.11. The number of rotatable bonds is 1. The summed E-state index contributed by atoms with van der Waals surface area (Å²) in [7, 11) is 2.48. The Labute approximate surface area is 162 Å². The van der Waals surface area contributed by atoms with Gasteiger partial charge in [-0.2, -0.15) is 0 Å². The fraction of sp³-hybridized carbons (Fsp3) is 0.556. The average Bonchev–Trinajstić information content (AvgIpc) is 2.95. The predicted molar refractivity (Wildman–Crippen MR) is 98.7 cm³/mol. The summed E-state index contributed by atoms with van der Waals surface area (Å²) in [6.45, 7) is 5.02. The van der Waals surface area contributed by atoms with Gasteiger partial charge in [0.25, 0.3) is 0 Å². The number of methoxy groups -OCH3 is 1. The molecule has 0 aliphatic carbocycles. The molecule has 1 N–H and O–H groups in total. The fourth-order valence-corrected chi connectivity index (χ4v) is 4.45. The zero-order valence-corrected chi connectivity index (χ0v) is 16.6. The first kappa shape index (κ1) is 19.9. The van der Waals surface area contributed by atoms with E-state index >= 15 is 0 Å². The van der Waals surface area contributed by atoms with Crippen molar-refractivity contribution >= 4 is 29.4 Å². The second kappa shape index (κ2) is 6.07. The molecule has 1 aromatic carbocycles. The number of benzene rings is 1. The van der Waals surface area contributed by atoms with Gasteiger partial charge in [0.2, 0.25) is 6.17 Å². The van der Waals surface area contributed by atoms with E-state index in [2.05, 4.69) is 0 Å². The molecule has 0 aromatic heterocycles. The van der Waals surface area contributed by atoms with Gasteiger partial charge in [-0.3, -0.25) is 0 Å². The number of hydrogen-bond donors (Lipinski definition) is 1. The van der Waals surface area contributed by atoms with E-state index in [-0.39, 0.29) is 17.1 Å². The number of likely N-dealkylation sites (N-methyl/N-ethyl adjacent to an activating group) is 1.